The third-order valence-corrected chi connectivity index (χ3v) is 2.42. The molecule has 0 saturated heterocycles. The zero-order chi connectivity index (χ0) is 12.8. The number of benzene rings is 1. The van der Waals surface area contributed by atoms with Gasteiger partial charge in [0.25, 0.3) is 0 Å². The van der Waals surface area contributed by atoms with Crippen molar-refractivity contribution in [2.75, 3.05) is 0 Å². The van der Waals surface area contributed by atoms with Gasteiger partial charge >= 0.3 is 0 Å². The predicted molar refractivity (Wildman–Crippen MR) is 64.9 cm³/mol. The minimum absolute atomic E-state index is 0.352. The third kappa shape index (κ3) is 4.40. The standard InChI is InChI=1S/C12H14BNO3/c1-8(15)11(16)10(14-12(13)17)7-9-5-3-2-4-6-9/h2-6,10-11,16H,7H2,1H3,(H,14,17). The number of aliphatic hydroxyl groups excluding tert-OH is 1. The van der Waals surface area contributed by atoms with Gasteiger partial charge in [-0.25, -0.2) is 0 Å². The van der Waals surface area contributed by atoms with Crippen molar-refractivity contribution < 1.29 is 14.7 Å². The molecule has 88 valence electrons. The van der Waals surface area contributed by atoms with Crippen LogP contribution in [0.15, 0.2) is 30.3 Å². The summed E-state index contributed by atoms with van der Waals surface area (Å²) < 4.78 is 0. The molecule has 0 saturated carbocycles. The highest BCUT2D eigenvalue weighted by Crippen LogP contribution is 2.07. The highest BCUT2D eigenvalue weighted by molar-refractivity contribution is 6.57. The Balaban J connectivity index is 2.77. The second-order valence-electron chi connectivity index (χ2n) is 3.86. The smallest absolute Gasteiger partial charge is 0.200 e. The monoisotopic (exact) mass is 231 g/mol. The Bertz CT molecular complexity index is 394. The van der Waals surface area contributed by atoms with E-state index in [0.717, 1.165) is 5.56 Å². The maximum Gasteiger partial charge on any atom is 0.200 e. The molecule has 2 N–H and O–H groups in total. The van der Waals surface area contributed by atoms with E-state index >= 15 is 0 Å². The lowest BCUT2D eigenvalue weighted by atomic mass is 9.97. The maximum absolute atomic E-state index is 11.1. The number of amides is 1. The summed E-state index contributed by atoms with van der Waals surface area (Å²) in [5.74, 6) is -1.16. The topological polar surface area (TPSA) is 66.4 Å². The van der Waals surface area contributed by atoms with Crippen molar-refractivity contribution in [1.82, 2.24) is 5.32 Å². The molecule has 1 amide bonds. The quantitative estimate of drug-likeness (QED) is 0.722. The zero-order valence-electron chi connectivity index (χ0n) is 9.59. The van der Waals surface area contributed by atoms with Gasteiger partial charge < -0.3 is 10.4 Å². The average molecular weight is 231 g/mol. The van der Waals surface area contributed by atoms with Gasteiger partial charge in [-0.2, -0.15) is 0 Å². The van der Waals surface area contributed by atoms with E-state index in [1.807, 2.05) is 30.3 Å². The maximum atomic E-state index is 11.1. The van der Waals surface area contributed by atoms with Crippen LogP contribution in [0.5, 0.6) is 0 Å². The minimum Gasteiger partial charge on any atom is -0.383 e. The van der Waals surface area contributed by atoms with Crippen molar-refractivity contribution in [3.05, 3.63) is 35.9 Å². The Labute approximate surface area is 101 Å². The molecule has 1 rings (SSSR count). The number of hydrogen-bond acceptors (Lipinski definition) is 3. The molecular weight excluding hydrogens is 217 g/mol. The van der Waals surface area contributed by atoms with Crippen molar-refractivity contribution in [3.63, 3.8) is 0 Å². The molecule has 0 aromatic heterocycles. The molecule has 1 aromatic rings. The van der Waals surface area contributed by atoms with Gasteiger partial charge in [0.15, 0.2) is 11.6 Å². The average Bonchev–Trinajstić information content (AvgIpc) is 2.28. The molecule has 0 aliphatic heterocycles. The summed E-state index contributed by atoms with van der Waals surface area (Å²) in [6.07, 6.45) is -0.896. The Morgan fingerprint density at radius 1 is 1.35 bits per heavy atom. The van der Waals surface area contributed by atoms with Crippen LogP contribution in [0.3, 0.4) is 0 Å². The lowest BCUT2D eigenvalue weighted by molar-refractivity contribution is -0.126. The SMILES string of the molecule is [B]C(=O)NC(Cc1ccccc1)C(O)C(C)=O. The van der Waals surface area contributed by atoms with Crippen molar-refractivity contribution in [1.29, 1.82) is 0 Å². The summed E-state index contributed by atoms with van der Waals surface area (Å²) >= 11 is 0. The van der Waals surface area contributed by atoms with Gasteiger partial charge in [-0.1, -0.05) is 30.3 Å². The van der Waals surface area contributed by atoms with Gasteiger partial charge in [0, 0.05) is 0 Å². The van der Waals surface area contributed by atoms with E-state index in [9.17, 15) is 14.7 Å². The Morgan fingerprint density at radius 2 is 1.94 bits per heavy atom. The molecule has 0 bridgehead atoms. The first-order valence-electron chi connectivity index (χ1n) is 5.29. The summed E-state index contributed by atoms with van der Waals surface area (Å²) in [5, 5.41) is 12.1. The summed E-state index contributed by atoms with van der Waals surface area (Å²) in [6, 6.07) is 8.55. The fourth-order valence-corrected chi connectivity index (χ4v) is 1.58. The third-order valence-electron chi connectivity index (χ3n) is 2.42. The molecule has 0 aliphatic rings. The van der Waals surface area contributed by atoms with Crippen molar-refractivity contribution in [2.24, 2.45) is 0 Å². The molecule has 0 spiro atoms. The lowest BCUT2D eigenvalue weighted by Crippen LogP contribution is -2.47. The van der Waals surface area contributed by atoms with Crippen LogP contribution < -0.4 is 5.32 Å². The first kappa shape index (κ1) is 13.4. The van der Waals surface area contributed by atoms with E-state index in [-0.39, 0.29) is 0 Å². The molecule has 0 fully saturated rings. The van der Waals surface area contributed by atoms with Crippen LogP contribution in [0.4, 0.5) is 4.79 Å². The van der Waals surface area contributed by atoms with E-state index in [2.05, 4.69) is 5.32 Å². The summed E-state index contributed by atoms with van der Waals surface area (Å²) in [4.78, 5) is 21.9. The second kappa shape index (κ2) is 6.20. The number of aliphatic hydroxyl groups is 1. The number of hydrogen-bond donors (Lipinski definition) is 2. The molecule has 0 heterocycles. The van der Waals surface area contributed by atoms with Crippen LogP contribution in [0.2, 0.25) is 0 Å². The largest absolute Gasteiger partial charge is 0.383 e. The number of carbonyl (C=O) groups is 2. The highest BCUT2D eigenvalue weighted by atomic mass is 16.3. The van der Waals surface area contributed by atoms with Gasteiger partial charge in [-0.05, 0) is 18.9 Å². The second-order valence-corrected chi connectivity index (χ2v) is 3.86. The number of ketones is 1. The van der Waals surface area contributed by atoms with Crippen molar-refractivity contribution >= 4 is 19.4 Å². The molecular formula is C12H14BNO3. The fourth-order valence-electron chi connectivity index (χ4n) is 1.58. The van der Waals surface area contributed by atoms with E-state index in [4.69, 9.17) is 7.85 Å². The molecule has 1 aromatic carbocycles. The Morgan fingerprint density at radius 3 is 2.41 bits per heavy atom. The molecule has 2 unspecified atom stereocenters. The van der Waals surface area contributed by atoms with E-state index in [1.54, 1.807) is 0 Å². The van der Waals surface area contributed by atoms with Gasteiger partial charge in [0.1, 0.15) is 6.10 Å². The minimum atomic E-state index is -1.25. The molecule has 2 radical (unpaired) electrons. The normalized spacial score (nSPS) is 13.8. The van der Waals surface area contributed by atoms with E-state index < -0.39 is 23.7 Å². The van der Waals surface area contributed by atoms with Crippen molar-refractivity contribution in [2.45, 2.75) is 25.5 Å². The first-order chi connectivity index (χ1) is 8.00. The number of nitrogens with one attached hydrogen (secondary N) is 1. The summed E-state index contributed by atoms with van der Waals surface area (Å²) in [7, 11) is 5.01. The number of carbonyl (C=O) groups excluding carboxylic acids is 2. The van der Waals surface area contributed by atoms with Crippen LogP contribution in [0.1, 0.15) is 12.5 Å². The lowest BCUT2D eigenvalue weighted by Gasteiger charge is -2.22. The fraction of sp³-hybridized carbons (Fsp3) is 0.333. The molecule has 4 nitrogen and oxygen atoms in total. The van der Waals surface area contributed by atoms with Crippen LogP contribution in [0.25, 0.3) is 0 Å². The van der Waals surface area contributed by atoms with Crippen LogP contribution in [0, 0.1) is 0 Å². The zero-order valence-corrected chi connectivity index (χ0v) is 9.59. The van der Waals surface area contributed by atoms with Gasteiger partial charge in [0.05, 0.1) is 6.04 Å². The highest BCUT2D eigenvalue weighted by Gasteiger charge is 2.23. The van der Waals surface area contributed by atoms with Gasteiger partial charge in [-0.3, -0.25) is 9.59 Å². The van der Waals surface area contributed by atoms with Gasteiger partial charge in [0.2, 0.25) is 7.85 Å². The molecule has 2 atom stereocenters. The van der Waals surface area contributed by atoms with E-state index in [1.165, 1.54) is 6.92 Å². The molecule has 0 aliphatic carbocycles. The predicted octanol–water partition coefficient (Wildman–Crippen LogP) is 0.426. The number of Topliss-reactive ketones (excluding diaryl/α,β-unsaturated/α-hetero) is 1. The molecule has 17 heavy (non-hydrogen) atoms. The molecule has 5 heteroatoms. The summed E-state index contributed by atoms with van der Waals surface area (Å²) in [6.45, 7) is 1.27. The van der Waals surface area contributed by atoms with Crippen LogP contribution in [-0.4, -0.2) is 36.7 Å². The van der Waals surface area contributed by atoms with Crippen LogP contribution >= 0.6 is 0 Å². The first-order valence-corrected chi connectivity index (χ1v) is 5.29. The Kier molecular flexibility index (Phi) is 4.91. The van der Waals surface area contributed by atoms with E-state index in [0.29, 0.717) is 6.42 Å². The van der Waals surface area contributed by atoms with Crippen molar-refractivity contribution in [3.8, 4) is 0 Å². The van der Waals surface area contributed by atoms with Crippen LogP contribution in [-0.2, 0) is 11.2 Å². The van der Waals surface area contributed by atoms with Gasteiger partial charge in [-0.15, -0.1) is 0 Å². The summed E-state index contributed by atoms with van der Waals surface area (Å²) in [5.41, 5.74) is 0.909. The number of rotatable bonds is 5. The Hall–Kier alpha value is -1.62.